The van der Waals surface area contributed by atoms with Gasteiger partial charge >= 0.3 is 0 Å². The van der Waals surface area contributed by atoms with Crippen LogP contribution in [-0.2, 0) is 7.05 Å². The van der Waals surface area contributed by atoms with Gasteiger partial charge in [-0.25, -0.2) is 13.8 Å². The molecule has 1 aromatic heterocycles. The van der Waals surface area contributed by atoms with E-state index in [1.807, 2.05) is 0 Å². The number of hydrogen-bond donors (Lipinski definition) is 0. The Bertz CT molecular complexity index is 465. The van der Waals surface area contributed by atoms with E-state index in [9.17, 15) is 8.78 Å². The predicted octanol–water partition coefficient (Wildman–Crippen LogP) is 1.76. The molecule has 0 saturated heterocycles. The van der Waals surface area contributed by atoms with Crippen molar-refractivity contribution in [2.45, 2.75) is 0 Å². The molecule has 0 N–H and O–H groups in total. The van der Waals surface area contributed by atoms with Crippen LogP contribution in [0.4, 0.5) is 8.78 Å². The van der Waals surface area contributed by atoms with Crippen LogP contribution < -0.4 is 0 Å². The van der Waals surface area contributed by atoms with Crippen molar-refractivity contribution in [1.29, 1.82) is 0 Å². The Kier molecular flexibility index (Phi) is 1.99. The van der Waals surface area contributed by atoms with E-state index < -0.39 is 11.6 Å². The van der Waals surface area contributed by atoms with Gasteiger partial charge in [-0.05, 0) is 12.1 Å². The highest BCUT2D eigenvalue weighted by Gasteiger charge is 2.09. The lowest BCUT2D eigenvalue weighted by Crippen LogP contribution is -1.91. The molecule has 1 aromatic carbocycles. The molecule has 0 fully saturated rings. The molecule has 0 unspecified atom stereocenters. The molecule has 0 aliphatic rings. The van der Waals surface area contributed by atoms with Crippen LogP contribution in [0.2, 0.25) is 0 Å². The zero-order valence-electron chi connectivity index (χ0n) is 7.41. The van der Waals surface area contributed by atoms with Gasteiger partial charge in [0.1, 0.15) is 18.0 Å². The number of aryl methyl sites for hydroxylation is 1. The molecule has 14 heavy (non-hydrogen) atoms. The number of benzene rings is 1. The summed E-state index contributed by atoms with van der Waals surface area (Å²) in [7, 11) is 1.68. The van der Waals surface area contributed by atoms with E-state index in [0.717, 1.165) is 6.07 Å². The van der Waals surface area contributed by atoms with Crippen LogP contribution in [0.5, 0.6) is 0 Å². The molecule has 0 radical (unpaired) electrons. The zero-order chi connectivity index (χ0) is 10.1. The van der Waals surface area contributed by atoms with Crippen molar-refractivity contribution in [2.75, 3.05) is 0 Å². The van der Waals surface area contributed by atoms with Gasteiger partial charge in [0.25, 0.3) is 0 Å². The van der Waals surface area contributed by atoms with Crippen LogP contribution in [0, 0.1) is 11.6 Å². The monoisotopic (exact) mass is 195 g/mol. The van der Waals surface area contributed by atoms with E-state index >= 15 is 0 Å². The van der Waals surface area contributed by atoms with Crippen LogP contribution in [-0.4, -0.2) is 14.8 Å². The highest BCUT2D eigenvalue weighted by Crippen LogP contribution is 2.18. The van der Waals surface area contributed by atoms with Gasteiger partial charge in [0.15, 0.2) is 5.82 Å². The molecule has 2 aromatic rings. The summed E-state index contributed by atoms with van der Waals surface area (Å²) < 4.78 is 27.3. The van der Waals surface area contributed by atoms with Crippen molar-refractivity contribution < 1.29 is 8.78 Å². The van der Waals surface area contributed by atoms with E-state index in [1.165, 1.54) is 23.1 Å². The SMILES string of the molecule is Cn1cnc(-c2ccc(F)cc2F)n1. The summed E-state index contributed by atoms with van der Waals surface area (Å²) in [6, 6.07) is 3.31. The molecule has 72 valence electrons. The second-order valence-corrected chi connectivity index (χ2v) is 2.87. The summed E-state index contributed by atoms with van der Waals surface area (Å²) in [5, 5.41) is 3.91. The first-order valence-electron chi connectivity index (χ1n) is 3.98. The number of hydrogen-bond acceptors (Lipinski definition) is 2. The summed E-state index contributed by atoms with van der Waals surface area (Å²) in [6.45, 7) is 0. The molecule has 5 heteroatoms. The molecule has 0 aliphatic carbocycles. The van der Waals surface area contributed by atoms with Crippen molar-refractivity contribution >= 4 is 0 Å². The summed E-state index contributed by atoms with van der Waals surface area (Å²) in [5.74, 6) is -1.01. The van der Waals surface area contributed by atoms with Gasteiger partial charge in [0.2, 0.25) is 0 Å². The fourth-order valence-electron chi connectivity index (χ4n) is 1.13. The van der Waals surface area contributed by atoms with E-state index in [-0.39, 0.29) is 11.4 Å². The van der Waals surface area contributed by atoms with Gasteiger partial charge in [0.05, 0.1) is 5.56 Å². The van der Waals surface area contributed by atoms with Crippen LogP contribution in [0.15, 0.2) is 24.5 Å². The molecule has 0 saturated carbocycles. The quantitative estimate of drug-likeness (QED) is 0.694. The lowest BCUT2D eigenvalue weighted by atomic mass is 10.2. The van der Waals surface area contributed by atoms with Crippen molar-refractivity contribution in [1.82, 2.24) is 14.8 Å². The number of rotatable bonds is 1. The Morgan fingerprint density at radius 3 is 2.64 bits per heavy atom. The predicted molar refractivity (Wildman–Crippen MR) is 46.4 cm³/mol. The first-order chi connectivity index (χ1) is 6.66. The molecular weight excluding hydrogens is 188 g/mol. The van der Waals surface area contributed by atoms with Gasteiger partial charge in [-0.2, -0.15) is 5.10 Å². The first kappa shape index (κ1) is 8.80. The summed E-state index contributed by atoms with van der Waals surface area (Å²) in [4.78, 5) is 3.87. The maximum absolute atomic E-state index is 13.2. The Labute approximate surface area is 79.0 Å². The van der Waals surface area contributed by atoms with E-state index in [2.05, 4.69) is 10.1 Å². The van der Waals surface area contributed by atoms with Gasteiger partial charge < -0.3 is 0 Å². The van der Waals surface area contributed by atoms with Crippen molar-refractivity contribution in [3.63, 3.8) is 0 Å². The van der Waals surface area contributed by atoms with Gasteiger partial charge in [0, 0.05) is 13.1 Å². The second-order valence-electron chi connectivity index (χ2n) is 2.87. The Morgan fingerprint density at radius 1 is 1.29 bits per heavy atom. The first-order valence-corrected chi connectivity index (χ1v) is 3.98. The second kappa shape index (κ2) is 3.17. The average molecular weight is 195 g/mol. The largest absolute Gasteiger partial charge is 0.255 e. The molecule has 0 spiro atoms. The molecule has 0 amide bonds. The zero-order valence-corrected chi connectivity index (χ0v) is 7.41. The minimum absolute atomic E-state index is 0.201. The van der Waals surface area contributed by atoms with Gasteiger partial charge in [-0.15, -0.1) is 0 Å². The molecule has 0 atom stereocenters. The van der Waals surface area contributed by atoms with E-state index in [0.29, 0.717) is 0 Å². The molecular formula is C9H7F2N3. The van der Waals surface area contributed by atoms with Crippen LogP contribution >= 0.6 is 0 Å². The highest BCUT2D eigenvalue weighted by atomic mass is 19.1. The number of nitrogens with zero attached hydrogens (tertiary/aromatic N) is 3. The number of aromatic nitrogens is 3. The average Bonchev–Trinajstić information content (AvgIpc) is 2.51. The molecule has 1 heterocycles. The van der Waals surface area contributed by atoms with E-state index in [1.54, 1.807) is 7.05 Å². The van der Waals surface area contributed by atoms with Crippen LogP contribution in [0.3, 0.4) is 0 Å². The van der Waals surface area contributed by atoms with Gasteiger partial charge in [-0.3, -0.25) is 4.68 Å². The maximum atomic E-state index is 13.2. The fourth-order valence-corrected chi connectivity index (χ4v) is 1.13. The summed E-state index contributed by atoms with van der Waals surface area (Å²) in [6.07, 6.45) is 1.46. The standard InChI is InChI=1S/C9H7F2N3/c1-14-5-12-9(13-14)7-3-2-6(10)4-8(7)11/h2-5H,1H3. The Morgan fingerprint density at radius 2 is 2.07 bits per heavy atom. The van der Waals surface area contributed by atoms with Crippen molar-refractivity contribution in [3.8, 4) is 11.4 Å². The smallest absolute Gasteiger partial charge is 0.184 e. The number of halogens is 2. The Hall–Kier alpha value is -1.78. The lowest BCUT2D eigenvalue weighted by Gasteiger charge is -1.97. The van der Waals surface area contributed by atoms with Gasteiger partial charge in [-0.1, -0.05) is 0 Å². The molecule has 2 rings (SSSR count). The van der Waals surface area contributed by atoms with Crippen LogP contribution in [0.1, 0.15) is 0 Å². The molecule has 3 nitrogen and oxygen atoms in total. The third-order valence-electron chi connectivity index (χ3n) is 1.77. The maximum Gasteiger partial charge on any atom is 0.184 e. The highest BCUT2D eigenvalue weighted by molar-refractivity contribution is 5.54. The third-order valence-corrected chi connectivity index (χ3v) is 1.77. The Balaban J connectivity index is 2.52. The summed E-state index contributed by atoms with van der Waals surface area (Å²) >= 11 is 0. The minimum atomic E-state index is -0.656. The van der Waals surface area contributed by atoms with E-state index in [4.69, 9.17) is 0 Å². The minimum Gasteiger partial charge on any atom is -0.255 e. The third kappa shape index (κ3) is 1.48. The lowest BCUT2D eigenvalue weighted by molar-refractivity contribution is 0.584. The summed E-state index contributed by atoms with van der Waals surface area (Å²) in [5.41, 5.74) is 0.201. The van der Waals surface area contributed by atoms with Crippen LogP contribution in [0.25, 0.3) is 11.4 Å². The fraction of sp³-hybridized carbons (Fsp3) is 0.111. The normalized spacial score (nSPS) is 10.5. The molecule has 0 bridgehead atoms. The van der Waals surface area contributed by atoms with Crippen molar-refractivity contribution in [3.05, 3.63) is 36.2 Å². The topological polar surface area (TPSA) is 30.7 Å². The van der Waals surface area contributed by atoms with Crippen molar-refractivity contribution in [2.24, 2.45) is 7.05 Å². The molecule has 0 aliphatic heterocycles.